The molecule has 4 rings (SSSR count). The van der Waals surface area contributed by atoms with Crippen molar-refractivity contribution in [3.05, 3.63) is 59.7 Å². The van der Waals surface area contributed by atoms with Crippen LogP contribution in [0, 0.1) is 5.92 Å². The van der Waals surface area contributed by atoms with Gasteiger partial charge in [-0.1, -0.05) is 48.5 Å². The molecule has 1 heterocycles. The summed E-state index contributed by atoms with van der Waals surface area (Å²) in [4.78, 5) is 38.1. The average Bonchev–Trinajstić information content (AvgIpc) is 3.06. The summed E-state index contributed by atoms with van der Waals surface area (Å²) < 4.78 is 10.6. The zero-order chi connectivity index (χ0) is 20.4. The Bertz CT molecular complexity index is 908. The maximum atomic E-state index is 12.7. The molecule has 0 N–H and O–H groups in total. The number of piperidine rings is 1. The van der Waals surface area contributed by atoms with Crippen LogP contribution in [0.4, 0.5) is 4.79 Å². The Labute approximate surface area is 169 Å². The second-order valence-electron chi connectivity index (χ2n) is 7.27. The molecule has 1 aliphatic heterocycles. The van der Waals surface area contributed by atoms with Gasteiger partial charge >= 0.3 is 12.1 Å². The van der Waals surface area contributed by atoms with Gasteiger partial charge in [0.05, 0.1) is 6.61 Å². The van der Waals surface area contributed by atoms with Crippen molar-refractivity contribution in [2.45, 2.75) is 19.3 Å². The molecule has 1 amide bonds. The lowest BCUT2D eigenvalue weighted by Gasteiger charge is -2.30. The molecule has 2 aromatic carbocycles. The summed E-state index contributed by atoms with van der Waals surface area (Å²) in [5.41, 5.74) is 4.60. The Balaban J connectivity index is 1.45. The van der Waals surface area contributed by atoms with Crippen LogP contribution in [-0.4, -0.2) is 49.0 Å². The number of carbonyl (C=O) groups excluding carboxylic acids is 3. The highest BCUT2D eigenvalue weighted by Gasteiger charge is 2.37. The predicted octanol–water partition coefficient (Wildman–Crippen LogP) is 3.39. The Morgan fingerprint density at radius 1 is 1.00 bits per heavy atom. The minimum Gasteiger partial charge on any atom is -0.465 e. The van der Waals surface area contributed by atoms with Crippen LogP contribution in [0.3, 0.4) is 0 Å². The summed E-state index contributed by atoms with van der Waals surface area (Å²) in [5, 5.41) is 0. The van der Waals surface area contributed by atoms with Gasteiger partial charge in [0.15, 0.2) is 5.78 Å². The lowest BCUT2D eigenvalue weighted by atomic mass is 9.97. The van der Waals surface area contributed by atoms with Crippen LogP contribution in [-0.2, 0) is 19.1 Å². The van der Waals surface area contributed by atoms with Gasteiger partial charge in [0, 0.05) is 25.4 Å². The van der Waals surface area contributed by atoms with Gasteiger partial charge in [-0.25, -0.2) is 4.79 Å². The fraction of sp³-hybridized carbons (Fsp3) is 0.348. The van der Waals surface area contributed by atoms with Crippen molar-refractivity contribution in [3.8, 4) is 11.1 Å². The van der Waals surface area contributed by atoms with Gasteiger partial charge in [-0.15, -0.1) is 0 Å². The maximum absolute atomic E-state index is 12.7. The largest absolute Gasteiger partial charge is 0.465 e. The van der Waals surface area contributed by atoms with Crippen LogP contribution in [0.1, 0.15) is 30.4 Å². The van der Waals surface area contributed by atoms with E-state index >= 15 is 0 Å². The molecule has 6 nitrogen and oxygen atoms in total. The molecule has 0 radical (unpaired) electrons. The molecular weight excluding hydrogens is 370 g/mol. The smallest absolute Gasteiger partial charge is 0.409 e. The molecule has 1 fully saturated rings. The molecule has 1 aliphatic carbocycles. The molecule has 0 saturated carbocycles. The summed E-state index contributed by atoms with van der Waals surface area (Å²) in [6.07, 6.45) is -0.373. The average molecular weight is 393 g/mol. The normalized spacial score (nSPS) is 18.2. The van der Waals surface area contributed by atoms with Crippen molar-refractivity contribution < 1.29 is 23.9 Å². The quantitative estimate of drug-likeness (QED) is 0.588. The molecule has 2 aromatic rings. The molecule has 2 aliphatic rings. The van der Waals surface area contributed by atoms with E-state index in [1.165, 1.54) is 4.90 Å². The number of likely N-dealkylation sites (tertiary alicyclic amines) is 1. The van der Waals surface area contributed by atoms with Crippen LogP contribution in [0.15, 0.2) is 48.5 Å². The first kappa shape index (κ1) is 19.2. The van der Waals surface area contributed by atoms with E-state index in [1.807, 2.05) is 24.3 Å². The van der Waals surface area contributed by atoms with E-state index in [4.69, 9.17) is 9.47 Å². The van der Waals surface area contributed by atoms with Crippen molar-refractivity contribution in [3.63, 3.8) is 0 Å². The number of amides is 1. The first-order valence-electron chi connectivity index (χ1n) is 9.89. The van der Waals surface area contributed by atoms with Crippen LogP contribution in [0.25, 0.3) is 11.1 Å². The monoisotopic (exact) mass is 393 g/mol. The van der Waals surface area contributed by atoms with Gasteiger partial charge in [-0.3, -0.25) is 9.59 Å². The molecule has 0 bridgehead atoms. The van der Waals surface area contributed by atoms with Crippen molar-refractivity contribution >= 4 is 17.8 Å². The maximum Gasteiger partial charge on any atom is 0.409 e. The minimum atomic E-state index is -0.927. The predicted molar refractivity (Wildman–Crippen MR) is 106 cm³/mol. The lowest BCUT2D eigenvalue weighted by molar-refractivity contribution is -0.153. The summed E-state index contributed by atoms with van der Waals surface area (Å²) >= 11 is 0. The number of ether oxygens (including phenoxy) is 2. The van der Waals surface area contributed by atoms with E-state index in [9.17, 15) is 14.4 Å². The highest BCUT2D eigenvalue weighted by molar-refractivity contribution is 6.00. The van der Waals surface area contributed by atoms with Gasteiger partial charge in [0.1, 0.15) is 12.5 Å². The van der Waals surface area contributed by atoms with Gasteiger partial charge in [0.25, 0.3) is 0 Å². The number of carbonyl (C=O) groups is 3. The highest BCUT2D eigenvalue weighted by Crippen LogP contribution is 2.44. The summed E-state index contributed by atoms with van der Waals surface area (Å²) in [6, 6.07) is 16.3. The van der Waals surface area contributed by atoms with Gasteiger partial charge in [0.2, 0.25) is 0 Å². The number of hydrogen-bond donors (Lipinski definition) is 0. The number of fused-ring (bicyclic) bond motifs is 3. The zero-order valence-electron chi connectivity index (χ0n) is 16.3. The molecule has 1 atom stereocenters. The topological polar surface area (TPSA) is 72.9 Å². The molecular formula is C23H23NO5. The standard InChI is InChI=1S/C23H23NO5/c1-2-28-22(26)19-13-24(12-11-21(19)25)23(27)29-14-20-17-9-5-3-7-15(17)16-8-4-6-10-18(16)20/h3-10,19-20H,2,11-14H2,1H3. The lowest BCUT2D eigenvalue weighted by Crippen LogP contribution is -2.47. The number of nitrogens with zero attached hydrogens (tertiary/aromatic N) is 1. The Morgan fingerprint density at radius 2 is 1.62 bits per heavy atom. The number of esters is 1. The number of ketones is 1. The van der Waals surface area contributed by atoms with Gasteiger partial charge < -0.3 is 14.4 Å². The molecule has 150 valence electrons. The third-order valence-corrected chi connectivity index (χ3v) is 5.59. The van der Waals surface area contributed by atoms with E-state index in [0.717, 1.165) is 22.3 Å². The highest BCUT2D eigenvalue weighted by atomic mass is 16.6. The van der Waals surface area contributed by atoms with E-state index in [-0.39, 0.29) is 44.4 Å². The van der Waals surface area contributed by atoms with Gasteiger partial charge in [-0.05, 0) is 29.2 Å². The molecule has 1 unspecified atom stereocenters. The Hall–Kier alpha value is -3.15. The second-order valence-corrected chi connectivity index (χ2v) is 7.27. The molecule has 0 spiro atoms. The summed E-state index contributed by atoms with van der Waals surface area (Å²) in [6.45, 7) is 2.36. The second kappa shape index (κ2) is 8.07. The number of benzene rings is 2. The van der Waals surface area contributed by atoms with E-state index in [1.54, 1.807) is 6.92 Å². The van der Waals surface area contributed by atoms with E-state index in [0.29, 0.717) is 0 Å². The first-order valence-corrected chi connectivity index (χ1v) is 9.89. The third-order valence-electron chi connectivity index (χ3n) is 5.59. The number of hydrogen-bond acceptors (Lipinski definition) is 5. The molecule has 29 heavy (non-hydrogen) atoms. The van der Waals surface area contributed by atoms with Crippen LogP contribution >= 0.6 is 0 Å². The minimum absolute atomic E-state index is 0.00827. The Kier molecular flexibility index (Phi) is 5.34. The third kappa shape index (κ3) is 3.62. The van der Waals surface area contributed by atoms with Crippen LogP contribution < -0.4 is 0 Å². The zero-order valence-corrected chi connectivity index (χ0v) is 16.3. The van der Waals surface area contributed by atoms with Crippen molar-refractivity contribution in [1.29, 1.82) is 0 Å². The summed E-state index contributed by atoms with van der Waals surface area (Å²) in [5.74, 6) is -1.72. The fourth-order valence-electron chi connectivity index (χ4n) is 4.13. The van der Waals surface area contributed by atoms with Gasteiger partial charge in [-0.2, -0.15) is 0 Å². The SMILES string of the molecule is CCOC(=O)C1CN(C(=O)OCC2c3ccccc3-c3ccccc32)CCC1=O. The van der Waals surface area contributed by atoms with Crippen molar-refractivity contribution in [2.75, 3.05) is 26.3 Å². The molecule has 0 aromatic heterocycles. The van der Waals surface area contributed by atoms with Crippen LogP contribution in [0.5, 0.6) is 0 Å². The summed E-state index contributed by atoms with van der Waals surface area (Å²) in [7, 11) is 0. The van der Waals surface area contributed by atoms with Crippen LogP contribution in [0.2, 0.25) is 0 Å². The van der Waals surface area contributed by atoms with E-state index in [2.05, 4.69) is 24.3 Å². The molecule has 6 heteroatoms. The first-order chi connectivity index (χ1) is 14.1. The number of Topliss-reactive ketones (excluding diaryl/α,β-unsaturated/α-hetero) is 1. The fourth-order valence-corrected chi connectivity index (χ4v) is 4.13. The van der Waals surface area contributed by atoms with E-state index < -0.39 is 18.0 Å². The van der Waals surface area contributed by atoms with Crippen molar-refractivity contribution in [2.24, 2.45) is 5.92 Å². The number of rotatable bonds is 4. The Morgan fingerprint density at radius 3 is 2.24 bits per heavy atom. The molecule has 1 saturated heterocycles. The van der Waals surface area contributed by atoms with Crippen molar-refractivity contribution in [1.82, 2.24) is 4.90 Å².